The molecule has 4 aliphatic rings. The second kappa shape index (κ2) is 8.43. The highest BCUT2D eigenvalue weighted by Gasteiger charge is 2.43. The van der Waals surface area contributed by atoms with E-state index in [9.17, 15) is 4.79 Å². The number of hydrogen-bond acceptors (Lipinski definition) is 7. The molecule has 2 atom stereocenters. The van der Waals surface area contributed by atoms with Gasteiger partial charge in [-0.3, -0.25) is 9.79 Å². The fourth-order valence-corrected chi connectivity index (χ4v) is 4.47. The minimum Gasteiger partial charge on any atom is -0.385 e. The molecule has 1 amide bonds. The van der Waals surface area contributed by atoms with E-state index in [0.29, 0.717) is 18.9 Å². The average Bonchev–Trinajstić information content (AvgIpc) is 3.30. The Morgan fingerprint density at radius 1 is 1.43 bits per heavy atom. The number of piperazine rings is 1. The van der Waals surface area contributed by atoms with Crippen molar-refractivity contribution in [3.63, 3.8) is 0 Å². The molecule has 2 fully saturated rings. The van der Waals surface area contributed by atoms with Gasteiger partial charge in [0.05, 0.1) is 30.0 Å². The van der Waals surface area contributed by atoms with Gasteiger partial charge in [0.25, 0.3) is 0 Å². The number of hydrogen-bond donors (Lipinski definition) is 3. The zero-order valence-corrected chi connectivity index (χ0v) is 18.1. The predicted octanol–water partition coefficient (Wildman–Crippen LogP) is 1.39. The smallest absolute Gasteiger partial charge is 0.242 e. The molecule has 8 nitrogen and oxygen atoms in total. The second-order valence-electron chi connectivity index (χ2n) is 8.84. The van der Waals surface area contributed by atoms with Crippen LogP contribution in [0.15, 0.2) is 40.9 Å². The third kappa shape index (κ3) is 4.39. The fourth-order valence-electron chi connectivity index (χ4n) is 4.47. The van der Waals surface area contributed by atoms with Crippen LogP contribution in [-0.2, 0) is 9.53 Å². The van der Waals surface area contributed by atoms with Crippen molar-refractivity contribution in [1.82, 2.24) is 20.7 Å². The summed E-state index contributed by atoms with van der Waals surface area (Å²) in [5.74, 6) is 0.665. The number of allylic oxidation sites excluding steroid dienone is 1. The van der Waals surface area contributed by atoms with Crippen LogP contribution in [0.3, 0.4) is 0 Å². The molecule has 2 aliphatic carbocycles. The molecule has 1 saturated carbocycles. The molecule has 2 heterocycles. The van der Waals surface area contributed by atoms with Crippen molar-refractivity contribution in [3.8, 4) is 0 Å². The topological polar surface area (TPSA) is 95.2 Å². The van der Waals surface area contributed by atoms with Crippen molar-refractivity contribution in [2.24, 2.45) is 10.7 Å². The molecular weight excluding hydrogens is 380 g/mol. The fraction of sp³-hybridized carbons (Fsp3) is 0.636. The summed E-state index contributed by atoms with van der Waals surface area (Å²) in [5, 5.41) is 0. The van der Waals surface area contributed by atoms with Crippen LogP contribution in [-0.4, -0.2) is 65.3 Å². The first kappa shape index (κ1) is 20.9. The number of carbonyl (C=O) groups excluding carboxylic acids is 1. The van der Waals surface area contributed by atoms with Crippen molar-refractivity contribution in [2.45, 2.75) is 63.7 Å². The van der Waals surface area contributed by atoms with Gasteiger partial charge >= 0.3 is 0 Å². The molecule has 4 N–H and O–H groups in total. The van der Waals surface area contributed by atoms with E-state index < -0.39 is 0 Å². The molecule has 0 aromatic rings. The number of rotatable bonds is 7. The van der Waals surface area contributed by atoms with Gasteiger partial charge < -0.3 is 25.7 Å². The molecule has 1 unspecified atom stereocenters. The maximum absolute atomic E-state index is 12.3. The zero-order chi connectivity index (χ0) is 21.3. The van der Waals surface area contributed by atoms with Crippen LogP contribution in [0.4, 0.5) is 0 Å². The van der Waals surface area contributed by atoms with Crippen molar-refractivity contribution in [1.29, 1.82) is 0 Å². The van der Waals surface area contributed by atoms with Crippen molar-refractivity contribution in [3.05, 3.63) is 35.9 Å². The lowest BCUT2D eigenvalue weighted by molar-refractivity contribution is -0.134. The quantitative estimate of drug-likeness (QED) is 0.545. The molecule has 0 bridgehead atoms. The summed E-state index contributed by atoms with van der Waals surface area (Å²) in [6.07, 6.45) is 8.85. The number of nitrogens with zero attached hydrogens (tertiary/aromatic N) is 3. The van der Waals surface area contributed by atoms with Gasteiger partial charge in [-0.05, 0) is 51.5 Å². The van der Waals surface area contributed by atoms with Gasteiger partial charge in [0, 0.05) is 37.6 Å². The van der Waals surface area contributed by atoms with Crippen molar-refractivity contribution in [2.75, 3.05) is 26.2 Å². The Labute approximate surface area is 178 Å². The Balaban J connectivity index is 1.48. The van der Waals surface area contributed by atoms with Gasteiger partial charge in [-0.15, -0.1) is 0 Å². The molecule has 4 rings (SSSR count). The van der Waals surface area contributed by atoms with E-state index in [2.05, 4.69) is 29.3 Å². The van der Waals surface area contributed by atoms with Gasteiger partial charge in [-0.2, -0.15) is 0 Å². The highest BCUT2D eigenvalue weighted by Crippen LogP contribution is 2.43. The van der Waals surface area contributed by atoms with Crippen LogP contribution in [0.25, 0.3) is 0 Å². The molecule has 164 valence electrons. The van der Waals surface area contributed by atoms with Gasteiger partial charge in [-0.25, -0.2) is 5.43 Å². The van der Waals surface area contributed by atoms with Crippen molar-refractivity contribution < 1.29 is 9.53 Å². The predicted molar refractivity (Wildman–Crippen MR) is 117 cm³/mol. The minimum absolute atomic E-state index is 0.0766. The highest BCUT2D eigenvalue weighted by molar-refractivity contribution is 6.02. The molecule has 0 aromatic heterocycles. The monoisotopic (exact) mass is 414 g/mol. The normalized spacial score (nSPS) is 29.1. The maximum atomic E-state index is 12.3. The second-order valence-corrected chi connectivity index (χ2v) is 8.84. The van der Waals surface area contributed by atoms with Crippen LogP contribution in [0.1, 0.15) is 46.0 Å². The number of amides is 1. The Morgan fingerprint density at radius 2 is 2.23 bits per heavy atom. The zero-order valence-electron chi connectivity index (χ0n) is 18.1. The Morgan fingerprint density at radius 3 is 2.90 bits per heavy atom. The van der Waals surface area contributed by atoms with E-state index in [4.69, 9.17) is 10.5 Å². The first-order valence-electron chi connectivity index (χ1n) is 11.0. The number of nitrogens with two attached hydrogens (primary N) is 1. The molecule has 0 spiro atoms. The van der Waals surface area contributed by atoms with E-state index in [1.165, 1.54) is 11.3 Å². The van der Waals surface area contributed by atoms with E-state index >= 15 is 0 Å². The van der Waals surface area contributed by atoms with E-state index in [1.807, 2.05) is 22.8 Å². The number of nitrogens with one attached hydrogen (secondary N) is 2. The molecule has 30 heavy (non-hydrogen) atoms. The summed E-state index contributed by atoms with van der Waals surface area (Å²) in [6.45, 7) is 10.4. The summed E-state index contributed by atoms with van der Waals surface area (Å²) in [5.41, 5.74) is 16.5. The largest absolute Gasteiger partial charge is 0.385 e. The molecule has 8 heteroatoms. The standard InChI is InChI=1S/C22H34N6O2/c1-4-24-18(13-19(23)28-11-10-27(5-2)20(29)14-28)21-16-12-15(30-22(3)8-9-22)6-7-17(16)25-26-21/h4,13,15,21,25-26H,1,5-12,14,23H2,2-3H3/b19-13+,24-18+/t15?,21-/m1/s1. The number of hydrazine groups is 1. The average molecular weight is 415 g/mol. The van der Waals surface area contributed by atoms with Crippen LogP contribution >= 0.6 is 0 Å². The lowest BCUT2D eigenvalue weighted by Crippen LogP contribution is -2.51. The molecular formula is C22H34N6O2. The minimum atomic E-state index is -0.0809. The van der Waals surface area contributed by atoms with E-state index in [1.54, 1.807) is 6.20 Å². The van der Waals surface area contributed by atoms with E-state index in [-0.39, 0.29) is 23.7 Å². The Hall–Kier alpha value is -2.32. The lowest BCUT2D eigenvalue weighted by Gasteiger charge is -2.35. The number of ether oxygens (including phenoxy) is 1. The molecule has 2 aliphatic heterocycles. The Bertz CT molecular complexity index is 797. The van der Waals surface area contributed by atoms with Gasteiger partial charge in [0.2, 0.25) is 5.91 Å². The van der Waals surface area contributed by atoms with Crippen LogP contribution in [0.5, 0.6) is 0 Å². The summed E-state index contributed by atoms with van der Waals surface area (Å²) in [7, 11) is 0. The van der Waals surface area contributed by atoms with Crippen molar-refractivity contribution >= 4 is 11.6 Å². The first-order valence-corrected chi connectivity index (χ1v) is 11.0. The summed E-state index contributed by atoms with van der Waals surface area (Å²) >= 11 is 0. The molecule has 1 saturated heterocycles. The highest BCUT2D eigenvalue weighted by atomic mass is 16.5. The van der Waals surface area contributed by atoms with Crippen LogP contribution < -0.4 is 16.6 Å². The third-order valence-corrected chi connectivity index (χ3v) is 6.57. The SMILES string of the molecule is C=C/N=C(\C=C(/N)N1CCN(CC)C(=O)C1)[C@@H]1NNC2=C1CC(OC1(C)CC1)CC2. The van der Waals surface area contributed by atoms with Gasteiger partial charge in [-0.1, -0.05) is 6.58 Å². The summed E-state index contributed by atoms with van der Waals surface area (Å²) in [6, 6.07) is -0.0809. The lowest BCUT2D eigenvalue weighted by atomic mass is 9.88. The number of carbonyl (C=O) groups is 1. The number of aliphatic imine (C=N–C) groups is 1. The third-order valence-electron chi connectivity index (χ3n) is 6.57. The van der Waals surface area contributed by atoms with Gasteiger partial charge in [0.15, 0.2) is 0 Å². The number of likely N-dealkylation sites (N-methyl/N-ethyl adjacent to an activating group) is 1. The van der Waals surface area contributed by atoms with Crippen LogP contribution in [0.2, 0.25) is 0 Å². The summed E-state index contributed by atoms with van der Waals surface area (Å²) in [4.78, 5) is 20.6. The van der Waals surface area contributed by atoms with E-state index in [0.717, 1.165) is 50.9 Å². The van der Waals surface area contributed by atoms with Gasteiger partial charge in [0.1, 0.15) is 5.82 Å². The maximum Gasteiger partial charge on any atom is 0.242 e. The molecule has 0 aromatic carbocycles. The summed E-state index contributed by atoms with van der Waals surface area (Å²) < 4.78 is 6.35. The Kier molecular flexibility index (Phi) is 5.88. The molecule has 0 radical (unpaired) electrons. The van der Waals surface area contributed by atoms with Crippen LogP contribution in [0, 0.1) is 0 Å². The first-order chi connectivity index (χ1) is 14.4.